The van der Waals surface area contributed by atoms with Gasteiger partial charge in [-0.15, -0.1) is 0 Å². The molecule has 4 nitrogen and oxygen atoms in total. The summed E-state index contributed by atoms with van der Waals surface area (Å²) in [6.45, 7) is 4.83. The second-order valence-corrected chi connectivity index (χ2v) is 8.71. The van der Waals surface area contributed by atoms with Crippen molar-refractivity contribution < 1.29 is 9.90 Å². The Balaban J connectivity index is 1.52. The first kappa shape index (κ1) is 21.2. The standard InChI is InChI=1S/C29H28N2O2/c1-2-20-14-16-21(17-15-20)19-31-27-13-6-5-11-24(27)25(28(31)29(32)33)18-30-26-12-7-9-22-8-3-4-10-23(22)26/h2-6,8,10-11,13-17,26,30H,1,7,9,12,18-19H2,(H,32,33)/t26-/m0/s1. The van der Waals surface area contributed by atoms with E-state index in [9.17, 15) is 9.90 Å². The maximum absolute atomic E-state index is 12.5. The SMILES string of the molecule is C=Cc1ccc(Cn2c(C(=O)O)c(CN[C@H]3CCCc4ccccc43)c3ccccc32)cc1. The van der Waals surface area contributed by atoms with Gasteiger partial charge in [0.05, 0.1) is 0 Å². The zero-order valence-corrected chi connectivity index (χ0v) is 18.6. The highest BCUT2D eigenvalue weighted by molar-refractivity contribution is 5.98. The fourth-order valence-corrected chi connectivity index (χ4v) is 5.10. The molecule has 0 bridgehead atoms. The van der Waals surface area contributed by atoms with Gasteiger partial charge in [0.25, 0.3) is 0 Å². The monoisotopic (exact) mass is 436 g/mol. The molecule has 0 radical (unpaired) electrons. The molecule has 3 aromatic carbocycles. The summed E-state index contributed by atoms with van der Waals surface area (Å²) in [5, 5.41) is 14.9. The van der Waals surface area contributed by atoms with E-state index in [1.54, 1.807) is 0 Å². The van der Waals surface area contributed by atoms with Crippen LogP contribution in [0.1, 0.15) is 57.2 Å². The summed E-state index contributed by atoms with van der Waals surface area (Å²) in [4.78, 5) is 12.5. The number of aryl methyl sites for hydroxylation is 1. The van der Waals surface area contributed by atoms with Crippen molar-refractivity contribution in [2.24, 2.45) is 0 Å². The van der Waals surface area contributed by atoms with E-state index in [4.69, 9.17) is 0 Å². The lowest BCUT2D eigenvalue weighted by atomic mass is 9.87. The van der Waals surface area contributed by atoms with E-state index in [1.807, 2.05) is 59.2 Å². The third kappa shape index (κ3) is 4.10. The van der Waals surface area contributed by atoms with Crippen molar-refractivity contribution >= 4 is 22.9 Å². The lowest BCUT2D eigenvalue weighted by Gasteiger charge is -2.26. The summed E-state index contributed by atoms with van der Waals surface area (Å²) in [5.74, 6) is -0.894. The Morgan fingerprint density at radius 1 is 1.06 bits per heavy atom. The second kappa shape index (κ2) is 9.08. The van der Waals surface area contributed by atoms with Gasteiger partial charge in [0.2, 0.25) is 0 Å². The Hall–Kier alpha value is -3.63. The van der Waals surface area contributed by atoms with Gasteiger partial charge in [-0.3, -0.25) is 0 Å². The van der Waals surface area contributed by atoms with Crippen molar-refractivity contribution in [3.8, 4) is 0 Å². The minimum Gasteiger partial charge on any atom is -0.477 e. The van der Waals surface area contributed by atoms with Crippen LogP contribution in [0.2, 0.25) is 0 Å². The highest BCUT2D eigenvalue weighted by Crippen LogP contribution is 2.32. The zero-order chi connectivity index (χ0) is 22.8. The van der Waals surface area contributed by atoms with Gasteiger partial charge in [0.1, 0.15) is 5.69 Å². The Bertz CT molecular complexity index is 1320. The number of benzene rings is 3. The average molecular weight is 437 g/mol. The predicted octanol–water partition coefficient (Wildman–Crippen LogP) is 6.20. The number of hydrogen-bond acceptors (Lipinski definition) is 2. The highest BCUT2D eigenvalue weighted by Gasteiger charge is 2.24. The molecule has 4 aromatic rings. The van der Waals surface area contributed by atoms with Crippen LogP contribution in [0.15, 0.2) is 79.4 Å². The van der Waals surface area contributed by atoms with E-state index >= 15 is 0 Å². The number of nitrogens with one attached hydrogen (secondary N) is 1. The molecule has 0 amide bonds. The molecule has 0 saturated carbocycles. The minimum absolute atomic E-state index is 0.241. The van der Waals surface area contributed by atoms with Crippen LogP contribution in [-0.2, 0) is 19.5 Å². The second-order valence-electron chi connectivity index (χ2n) is 8.71. The molecule has 166 valence electrons. The third-order valence-electron chi connectivity index (χ3n) is 6.73. The first-order valence-electron chi connectivity index (χ1n) is 11.5. The van der Waals surface area contributed by atoms with Crippen molar-refractivity contribution in [2.75, 3.05) is 0 Å². The lowest BCUT2D eigenvalue weighted by molar-refractivity contribution is 0.0684. The van der Waals surface area contributed by atoms with Crippen LogP contribution in [0.4, 0.5) is 0 Å². The Kier molecular flexibility index (Phi) is 5.84. The van der Waals surface area contributed by atoms with Crippen LogP contribution in [0, 0.1) is 0 Å². The highest BCUT2D eigenvalue weighted by atomic mass is 16.4. The molecule has 1 atom stereocenters. The van der Waals surface area contributed by atoms with Crippen LogP contribution < -0.4 is 5.32 Å². The normalized spacial score (nSPS) is 15.3. The quantitative estimate of drug-likeness (QED) is 0.363. The van der Waals surface area contributed by atoms with E-state index in [1.165, 1.54) is 11.1 Å². The molecule has 1 aliphatic carbocycles. The van der Waals surface area contributed by atoms with Crippen LogP contribution in [0.3, 0.4) is 0 Å². The van der Waals surface area contributed by atoms with Gasteiger partial charge in [-0.25, -0.2) is 4.79 Å². The van der Waals surface area contributed by atoms with E-state index in [-0.39, 0.29) is 6.04 Å². The number of aromatic nitrogens is 1. The molecular formula is C29H28N2O2. The number of carboxylic acid groups (broad SMARTS) is 1. The van der Waals surface area contributed by atoms with Crippen molar-refractivity contribution in [3.63, 3.8) is 0 Å². The fraction of sp³-hybridized carbons (Fsp3) is 0.207. The smallest absolute Gasteiger partial charge is 0.352 e. The van der Waals surface area contributed by atoms with Gasteiger partial charge in [-0.05, 0) is 47.6 Å². The van der Waals surface area contributed by atoms with Crippen molar-refractivity contribution in [1.29, 1.82) is 0 Å². The number of fused-ring (bicyclic) bond motifs is 2. The maximum Gasteiger partial charge on any atom is 0.352 e. The third-order valence-corrected chi connectivity index (χ3v) is 6.73. The first-order valence-corrected chi connectivity index (χ1v) is 11.5. The molecule has 1 aliphatic rings. The topological polar surface area (TPSA) is 54.3 Å². The molecule has 1 aromatic heterocycles. The minimum atomic E-state index is -0.894. The van der Waals surface area contributed by atoms with Crippen molar-refractivity contribution in [2.45, 2.75) is 38.4 Å². The van der Waals surface area contributed by atoms with Crippen LogP contribution in [0.5, 0.6) is 0 Å². The van der Waals surface area contributed by atoms with Crippen LogP contribution in [0.25, 0.3) is 17.0 Å². The molecule has 4 heteroatoms. The van der Waals surface area contributed by atoms with Crippen molar-refractivity contribution in [3.05, 3.63) is 113 Å². The molecule has 5 rings (SSSR count). The van der Waals surface area contributed by atoms with E-state index in [2.05, 4.69) is 36.2 Å². The van der Waals surface area contributed by atoms with Crippen LogP contribution in [-0.4, -0.2) is 15.6 Å². The van der Waals surface area contributed by atoms with E-state index < -0.39 is 5.97 Å². The fourth-order valence-electron chi connectivity index (χ4n) is 5.10. The summed E-state index contributed by atoms with van der Waals surface area (Å²) < 4.78 is 1.94. The Morgan fingerprint density at radius 3 is 2.61 bits per heavy atom. The number of aromatic carboxylic acids is 1. The van der Waals surface area contributed by atoms with Gasteiger partial charge >= 0.3 is 5.97 Å². The molecule has 1 heterocycles. The molecule has 0 fully saturated rings. The van der Waals surface area contributed by atoms with Crippen molar-refractivity contribution in [1.82, 2.24) is 9.88 Å². The van der Waals surface area contributed by atoms with Crippen LogP contribution >= 0.6 is 0 Å². The first-order chi connectivity index (χ1) is 16.2. The Morgan fingerprint density at radius 2 is 1.82 bits per heavy atom. The number of rotatable bonds is 7. The average Bonchev–Trinajstić information content (AvgIpc) is 3.16. The number of hydrogen-bond donors (Lipinski definition) is 2. The summed E-state index contributed by atoms with van der Waals surface area (Å²) in [5.41, 5.74) is 7.00. The largest absolute Gasteiger partial charge is 0.477 e. The molecule has 0 saturated heterocycles. The number of carboxylic acids is 1. The molecule has 0 spiro atoms. The van der Waals surface area contributed by atoms with Gasteiger partial charge in [0, 0.05) is 35.6 Å². The maximum atomic E-state index is 12.5. The predicted molar refractivity (Wildman–Crippen MR) is 133 cm³/mol. The molecule has 0 unspecified atom stereocenters. The molecule has 2 N–H and O–H groups in total. The zero-order valence-electron chi connectivity index (χ0n) is 18.6. The van der Waals surface area contributed by atoms with Gasteiger partial charge in [-0.1, -0.05) is 79.4 Å². The number of nitrogens with zero attached hydrogens (tertiary/aromatic N) is 1. The molecule has 33 heavy (non-hydrogen) atoms. The summed E-state index contributed by atoms with van der Waals surface area (Å²) >= 11 is 0. The summed E-state index contributed by atoms with van der Waals surface area (Å²) in [7, 11) is 0. The molecular weight excluding hydrogens is 408 g/mol. The lowest BCUT2D eigenvalue weighted by Crippen LogP contribution is -2.25. The van der Waals surface area contributed by atoms with E-state index in [0.29, 0.717) is 18.8 Å². The summed E-state index contributed by atoms with van der Waals surface area (Å²) in [6, 6.07) is 24.9. The van der Waals surface area contributed by atoms with Gasteiger partial charge < -0.3 is 15.0 Å². The van der Waals surface area contributed by atoms with Gasteiger partial charge in [-0.2, -0.15) is 0 Å². The Labute approximate surface area is 194 Å². The number of carbonyl (C=O) groups is 1. The number of para-hydroxylation sites is 1. The molecule has 0 aliphatic heterocycles. The van der Waals surface area contributed by atoms with Gasteiger partial charge in [0.15, 0.2) is 0 Å². The van der Waals surface area contributed by atoms with E-state index in [0.717, 1.165) is 46.9 Å². The summed E-state index contributed by atoms with van der Waals surface area (Å²) in [6.07, 6.45) is 5.13.